The van der Waals surface area contributed by atoms with Crippen LogP contribution in [0.1, 0.15) is 22.6 Å². The zero-order chi connectivity index (χ0) is 19.6. The lowest BCUT2D eigenvalue weighted by molar-refractivity contribution is 0.405. The molecule has 0 heterocycles. The molecule has 0 saturated carbocycles. The molecule has 0 aliphatic heterocycles. The number of hydrogen-bond donors (Lipinski definition) is 0. The van der Waals surface area contributed by atoms with Crippen LogP contribution in [0.4, 0.5) is 35.1 Å². The molecular formula is C19H6F8. The average Bonchev–Trinajstić information content (AvgIpc) is 2.99. The minimum Gasteiger partial charge on any atom is -0.206 e. The minimum absolute atomic E-state index is 0.238. The maximum atomic E-state index is 14.5. The highest BCUT2D eigenvalue weighted by Crippen LogP contribution is 2.52. The van der Waals surface area contributed by atoms with Gasteiger partial charge < -0.3 is 0 Å². The summed E-state index contributed by atoms with van der Waals surface area (Å²) in [6, 6.07) is 4.44. The molecule has 1 unspecified atom stereocenters. The molecule has 8 heteroatoms. The van der Waals surface area contributed by atoms with Gasteiger partial charge in [-0.2, -0.15) is 0 Å². The largest absolute Gasteiger partial charge is 0.206 e. The summed E-state index contributed by atoms with van der Waals surface area (Å²) in [6.45, 7) is 0. The molecule has 0 saturated heterocycles. The van der Waals surface area contributed by atoms with E-state index in [1.54, 1.807) is 0 Å². The van der Waals surface area contributed by atoms with Crippen molar-refractivity contribution in [1.29, 1.82) is 0 Å². The Hall–Kier alpha value is -2.90. The molecular weight excluding hydrogens is 380 g/mol. The molecule has 0 fully saturated rings. The Morgan fingerprint density at radius 3 is 1.85 bits per heavy atom. The van der Waals surface area contributed by atoms with E-state index in [-0.39, 0.29) is 5.56 Å². The summed E-state index contributed by atoms with van der Waals surface area (Å²) >= 11 is 0. The number of fused-ring (bicyclic) bond motifs is 3. The predicted molar refractivity (Wildman–Crippen MR) is 78.9 cm³/mol. The van der Waals surface area contributed by atoms with Crippen LogP contribution in [-0.4, -0.2) is 0 Å². The van der Waals surface area contributed by atoms with Crippen molar-refractivity contribution in [1.82, 2.24) is 0 Å². The fraction of sp³-hybridized carbons (Fsp3) is 0.0526. The van der Waals surface area contributed by atoms with Gasteiger partial charge in [0, 0.05) is 28.2 Å². The smallest absolute Gasteiger partial charge is 0.198 e. The van der Waals surface area contributed by atoms with E-state index in [1.807, 2.05) is 0 Å². The molecule has 1 atom stereocenters. The maximum absolute atomic E-state index is 14.5. The zero-order valence-electron chi connectivity index (χ0n) is 13.0. The van der Waals surface area contributed by atoms with Crippen LogP contribution in [0.15, 0.2) is 30.3 Å². The molecule has 27 heavy (non-hydrogen) atoms. The third kappa shape index (κ3) is 2.22. The normalized spacial score (nSPS) is 15.0. The number of benzene rings is 3. The molecule has 3 aromatic carbocycles. The average molecular weight is 386 g/mol. The lowest BCUT2D eigenvalue weighted by atomic mass is 9.88. The van der Waals surface area contributed by atoms with E-state index >= 15 is 0 Å². The van der Waals surface area contributed by atoms with E-state index in [4.69, 9.17) is 0 Å². The highest BCUT2D eigenvalue weighted by molar-refractivity contribution is 5.82. The summed E-state index contributed by atoms with van der Waals surface area (Å²) in [6.07, 6.45) is 0. The second-order valence-corrected chi connectivity index (χ2v) is 5.95. The molecule has 0 bridgehead atoms. The van der Waals surface area contributed by atoms with Gasteiger partial charge in [-0.05, 0) is 17.7 Å². The Morgan fingerprint density at radius 2 is 1.15 bits per heavy atom. The van der Waals surface area contributed by atoms with Gasteiger partial charge in [-0.1, -0.05) is 18.2 Å². The molecule has 1 aliphatic carbocycles. The first-order valence-electron chi connectivity index (χ1n) is 7.53. The van der Waals surface area contributed by atoms with E-state index in [0.29, 0.717) is 6.07 Å². The van der Waals surface area contributed by atoms with Crippen molar-refractivity contribution < 1.29 is 35.1 Å². The van der Waals surface area contributed by atoms with Crippen LogP contribution in [-0.2, 0) is 0 Å². The lowest BCUT2D eigenvalue weighted by Gasteiger charge is -2.17. The van der Waals surface area contributed by atoms with E-state index in [0.717, 1.165) is 24.3 Å². The maximum Gasteiger partial charge on any atom is 0.198 e. The number of halogens is 8. The van der Waals surface area contributed by atoms with Gasteiger partial charge in [0.2, 0.25) is 0 Å². The van der Waals surface area contributed by atoms with E-state index in [1.165, 1.54) is 0 Å². The minimum atomic E-state index is -2.17. The van der Waals surface area contributed by atoms with Crippen molar-refractivity contribution in [2.75, 3.05) is 0 Å². The number of rotatable bonds is 1. The Kier molecular flexibility index (Phi) is 3.76. The fourth-order valence-electron chi connectivity index (χ4n) is 3.45. The first-order chi connectivity index (χ1) is 12.8. The fourth-order valence-corrected chi connectivity index (χ4v) is 3.45. The van der Waals surface area contributed by atoms with Crippen LogP contribution in [0.3, 0.4) is 0 Å². The second-order valence-electron chi connectivity index (χ2n) is 5.95. The zero-order valence-corrected chi connectivity index (χ0v) is 13.0. The van der Waals surface area contributed by atoms with E-state index < -0.39 is 74.7 Å². The van der Waals surface area contributed by atoms with Gasteiger partial charge in [-0.3, -0.25) is 0 Å². The van der Waals surface area contributed by atoms with Gasteiger partial charge in [0.25, 0.3) is 0 Å². The molecule has 0 spiro atoms. The Bertz CT molecular complexity index is 1120. The molecule has 138 valence electrons. The van der Waals surface area contributed by atoms with Crippen LogP contribution in [0.2, 0.25) is 0 Å². The Morgan fingerprint density at radius 1 is 0.481 bits per heavy atom. The molecule has 0 radical (unpaired) electrons. The summed E-state index contributed by atoms with van der Waals surface area (Å²) in [4.78, 5) is 0. The first kappa shape index (κ1) is 17.5. The van der Waals surface area contributed by atoms with Gasteiger partial charge in [0.1, 0.15) is 5.82 Å². The van der Waals surface area contributed by atoms with Crippen LogP contribution in [0.25, 0.3) is 11.1 Å². The third-order valence-corrected chi connectivity index (χ3v) is 4.57. The molecule has 0 N–H and O–H groups in total. The van der Waals surface area contributed by atoms with Crippen molar-refractivity contribution in [3.8, 4) is 11.1 Å². The topological polar surface area (TPSA) is 0 Å². The Labute approximate surface area is 146 Å². The predicted octanol–water partition coefficient (Wildman–Crippen LogP) is 5.96. The summed E-state index contributed by atoms with van der Waals surface area (Å²) in [5.74, 6) is -16.0. The standard InChI is InChI=1S/C19H6F8/c20-8-3-1-2-6-10(7-4-5-9(21)15(23)14(7)22)12-13(11(6)8)17(25)19(27)18(26)16(12)24/h1-5,10H. The second kappa shape index (κ2) is 5.80. The van der Waals surface area contributed by atoms with Crippen LogP contribution in [0.5, 0.6) is 0 Å². The molecule has 4 rings (SSSR count). The molecule has 1 aliphatic rings. The van der Waals surface area contributed by atoms with Gasteiger partial charge in [0.05, 0.1) is 0 Å². The monoisotopic (exact) mass is 386 g/mol. The molecule has 0 nitrogen and oxygen atoms in total. The van der Waals surface area contributed by atoms with Gasteiger partial charge >= 0.3 is 0 Å². The Balaban J connectivity index is 2.17. The molecule has 0 amide bonds. The van der Waals surface area contributed by atoms with E-state index in [9.17, 15) is 35.1 Å². The van der Waals surface area contributed by atoms with Crippen LogP contribution >= 0.6 is 0 Å². The van der Waals surface area contributed by atoms with Gasteiger partial charge in [-0.15, -0.1) is 0 Å². The molecule has 0 aromatic heterocycles. The molecule has 3 aromatic rings. The van der Waals surface area contributed by atoms with Crippen molar-refractivity contribution >= 4 is 0 Å². The lowest BCUT2D eigenvalue weighted by Crippen LogP contribution is -2.10. The SMILES string of the molecule is Fc1ccc(C2c3cccc(F)c3-c3c(F)c(F)c(F)c(F)c32)c(F)c1F. The summed E-state index contributed by atoms with van der Waals surface area (Å²) in [5, 5.41) is 0. The quantitative estimate of drug-likeness (QED) is 0.215. The summed E-state index contributed by atoms with van der Waals surface area (Å²) in [5.41, 5.74) is -3.33. The van der Waals surface area contributed by atoms with Crippen molar-refractivity contribution in [3.05, 3.63) is 93.6 Å². The van der Waals surface area contributed by atoms with Crippen molar-refractivity contribution in [2.45, 2.75) is 5.92 Å². The van der Waals surface area contributed by atoms with Gasteiger partial charge in [0.15, 0.2) is 40.7 Å². The first-order valence-corrected chi connectivity index (χ1v) is 7.53. The highest BCUT2D eigenvalue weighted by atomic mass is 19.2. The van der Waals surface area contributed by atoms with Gasteiger partial charge in [-0.25, -0.2) is 35.1 Å². The third-order valence-electron chi connectivity index (χ3n) is 4.57. The number of hydrogen-bond acceptors (Lipinski definition) is 0. The van der Waals surface area contributed by atoms with Crippen molar-refractivity contribution in [2.24, 2.45) is 0 Å². The summed E-state index contributed by atoms with van der Waals surface area (Å²) in [7, 11) is 0. The van der Waals surface area contributed by atoms with Crippen LogP contribution in [0, 0.1) is 46.5 Å². The van der Waals surface area contributed by atoms with E-state index in [2.05, 4.69) is 0 Å². The van der Waals surface area contributed by atoms with Crippen molar-refractivity contribution in [3.63, 3.8) is 0 Å². The van der Waals surface area contributed by atoms with Crippen LogP contribution < -0.4 is 0 Å². The highest BCUT2D eigenvalue weighted by Gasteiger charge is 2.41. The summed E-state index contributed by atoms with van der Waals surface area (Å²) < 4.78 is 112.